The van der Waals surface area contributed by atoms with E-state index in [1.54, 1.807) is 0 Å². The molecule has 0 aromatic carbocycles. The van der Waals surface area contributed by atoms with Crippen molar-refractivity contribution in [3.05, 3.63) is 0 Å². The van der Waals surface area contributed by atoms with E-state index in [1.807, 2.05) is 0 Å². The third-order valence-corrected chi connectivity index (χ3v) is 0. The zero-order chi connectivity index (χ0) is 3.58. The first-order chi connectivity index (χ1) is 1.73. The molecule has 0 aliphatic carbocycles. The number of rotatable bonds is 0. The third kappa shape index (κ3) is 17600. The summed E-state index contributed by atoms with van der Waals surface area (Å²) in [5, 5.41) is 6.22. The van der Waals surface area contributed by atoms with Crippen molar-refractivity contribution >= 4 is 20.7 Å². The van der Waals surface area contributed by atoms with Crippen LogP contribution in [-0.2, 0) is 0 Å². The molecule has 0 saturated heterocycles. The van der Waals surface area contributed by atoms with E-state index in [0.29, 0.717) is 0 Å². The molecule has 0 amide bonds. The Hall–Kier alpha value is -0.0105. The van der Waals surface area contributed by atoms with Crippen molar-refractivity contribution < 1.29 is 0 Å². The van der Waals surface area contributed by atoms with E-state index in [2.05, 4.69) is 21.7 Å². The quantitative estimate of drug-likeness (QED) is 0.243. The van der Waals surface area contributed by atoms with Crippen LogP contribution in [0.5, 0.6) is 0 Å². The summed E-state index contributed by atoms with van der Waals surface area (Å²) in [6.45, 7) is 0. The molecule has 0 aliphatic rings. The number of hydrogen-bond acceptors (Lipinski definition) is 1. The van der Waals surface area contributed by atoms with E-state index in [1.165, 1.54) is 0 Å². The van der Waals surface area contributed by atoms with Crippen LogP contribution in [0.15, 0.2) is 0 Å². The van der Waals surface area contributed by atoms with Crippen molar-refractivity contribution in [2.75, 3.05) is 0 Å². The minimum atomic E-state index is 0.0417. The van der Waals surface area contributed by atoms with Gasteiger partial charge in [0.15, 0.2) is 0 Å². The van der Waals surface area contributed by atoms with Gasteiger partial charge in [-0.2, -0.15) is 0 Å². The van der Waals surface area contributed by atoms with Gasteiger partial charge in [-0.15, -0.1) is 0 Å². The maximum atomic E-state index is 6.22. The van der Waals surface area contributed by atoms with Crippen LogP contribution in [0.3, 0.4) is 0 Å². The molecule has 0 bridgehead atoms. The summed E-state index contributed by atoms with van der Waals surface area (Å²) in [6.07, 6.45) is 0. The predicted octanol–water partition coefficient (Wildman–Crippen LogP) is -0.952. The molecule has 0 saturated carbocycles. The van der Waals surface area contributed by atoms with E-state index in [0.717, 1.165) is 0 Å². The van der Waals surface area contributed by atoms with E-state index < -0.39 is 0 Å². The molecule has 0 rings (SSSR count). The molecule has 3 heteroatoms. The van der Waals surface area contributed by atoms with E-state index in [4.69, 9.17) is 5.41 Å². The number of hydrogen-bond donors (Lipinski definition) is 2. The molecule has 23 valence electrons. The standard InChI is InChI=1S/CH3N2Se/c2-1(3)4/h(H3,2,3). The summed E-state index contributed by atoms with van der Waals surface area (Å²) >= 11 is 2.26. The van der Waals surface area contributed by atoms with Crippen LogP contribution >= 0.6 is 0 Å². The normalized spacial score (nSPS) is 6.00. The molecule has 0 aromatic rings. The summed E-state index contributed by atoms with van der Waals surface area (Å²) in [5.74, 6) is 0. The first-order valence-corrected chi connectivity index (χ1v) is 1.60. The summed E-state index contributed by atoms with van der Waals surface area (Å²) in [6, 6.07) is 0. The summed E-state index contributed by atoms with van der Waals surface area (Å²) < 4.78 is 0.0417. The van der Waals surface area contributed by atoms with E-state index >= 15 is 0 Å². The fraction of sp³-hybridized carbons (Fsp3) is 0. The SMILES string of the molecule is N=C(N)[Se]. The second-order valence-corrected chi connectivity index (χ2v) is 1.29. The predicted molar refractivity (Wildman–Crippen MR) is 17.7 cm³/mol. The summed E-state index contributed by atoms with van der Waals surface area (Å²) in [4.78, 5) is 0. The molecule has 1 radical (unpaired) electrons. The Bertz CT molecular complexity index is 29.0. The Morgan fingerprint density at radius 3 is 2.00 bits per heavy atom. The van der Waals surface area contributed by atoms with Gasteiger partial charge in [0.05, 0.1) is 0 Å². The van der Waals surface area contributed by atoms with E-state index in [9.17, 15) is 0 Å². The van der Waals surface area contributed by atoms with Crippen LogP contribution in [0.25, 0.3) is 0 Å². The van der Waals surface area contributed by atoms with Gasteiger partial charge in [0, 0.05) is 0 Å². The second-order valence-electron chi connectivity index (χ2n) is 0.364. The van der Waals surface area contributed by atoms with Gasteiger partial charge >= 0.3 is 31.9 Å². The Balaban J connectivity index is 2.80. The van der Waals surface area contributed by atoms with Crippen LogP contribution < -0.4 is 5.73 Å². The number of amidine groups is 1. The molecule has 0 atom stereocenters. The Kier molecular flexibility index (Phi) is 1.32. The zero-order valence-corrected chi connectivity index (χ0v) is 3.70. The molecular weight excluding hydrogens is 119 g/mol. The molecule has 0 fully saturated rings. The van der Waals surface area contributed by atoms with Gasteiger partial charge in [0.25, 0.3) is 0 Å². The van der Waals surface area contributed by atoms with Crippen molar-refractivity contribution in [1.29, 1.82) is 5.41 Å². The van der Waals surface area contributed by atoms with Crippen LogP contribution in [0.2, 0.25) is 0 Å². The van der Waals surface area contributed by atoms with Crippen molar-refractivity contribution in [2.45, 2.75) is 0 Å². The van der Waals surface area contributed by atoms with Crippen LogP contribution in [0.4, 0.5) is 0 Å². The fourth-order valence-corrected chi connectivity index (χ4v) is 0. The van der Waals surface area contributed by atoms with Crippen molar-refractivity contribution in [1.82, 2.24) is 0 Å². The maximum absolute atomic E-state index is 6.22. The van der Waals surface area contributed by atoms with Gasteiger partial charge in [0.2, 0.25) is 0 Å². The van der Waals surface area contributed by atoms with Gasteiger partial charge in [0.1, 0.15) is 0 Å². The summed E-state index contributed by atoms with van der Waals surface area (Å²) in [7, 11) is 0. The van der Waals surface area contributed by atoms with Crippen molar-refractivity contribution in [3.8, 4) is 0 Å². The zero-order valence-electron chi connectivity index (χ0n) is 1.99. The molecule has 0 aliphatic heterocycles. The fourth-order valence-electron chi connectivity index (χ4n) is 0. The van der Waals surface area contributed by atoms with Crippen LogP contribution in [0, 0.1) is 5.41 Å². The Labute approximate surface area is 32.7 Å². The first-order valence-electron chi connectivity index (χ1n) is 0.743. The minimum absolute atomic E-state index is 0.0417. The molecule has 0 aromatic heterocycles. The molecule has 3 N–H and O–H groups in total. The third-order valence-electron chi connectivity index (χ3n) is 0. The summed E-state index contributed by atoms with van der Waals surface area (Å²) in [5.41, 5.74) is 4.64. The van der Waals surface area contributed by atoms with Gasteiger partial charge < -0.3 is 0 Å². The molecule has 0 spiro atoms. The average molecular weight is 122 g/mol. The molecule has 0 unspecified atom stereocenters. The van der Waals surface area contributed by atoms with Gasteiger partial charge in [-0.1, -0.05) is 0 Å². The Morgan fingerprint density at radius 1 is 2.00 bits per heavy atom. The van der Waals surface area contributed by atoms with Crippen molar-refractivity contribution in [2.24, 2.45) is 5.73 Å². The molecular formula is CH3N2Se. The molecule has 4 heavy (non-hydrogen) atoms. The van der Waals surface area contributed by atoms with E-state index in [-0.39, 0.29) is 4.73 Å². The van der Waals surface area contributed by atoms with Gasteiger partial charge in [-0.3, -0.25) is 0 Å². The van der Waals surface area contributed by atoms with Crippen molar-refractivity contribution in [3.63, 3.8) is 0 Å². The monoisotopic (exact) mass is 123 g/mol. The average Bonchev–Trinajstić information content (AvgIpc) is 0.811. The van der Waals surface area contributed by atoms with Gasteiger partial charge in [-0.05, 0) is 0 Å². The second kappa shape index (κ2) is 1.32. The molecule has 0 heterocycles. The number of nitrogens with one attached hydrogen (secondary N) is 1. The first kappa shape index (κ1) is 3.99. The number of nitrogens with two attached hydrogens (primary N) is 1. The molecule has 2 nitrogen and oxygen atoms in total. The Morgan fingerprint density at radius 2 is 2.00 bits per heavy atom. The van der Waals surface area contributed by atoms with Crippen LogP contribution in [0.1, 0.15) is 0 Å². The van der Waals surface area contributed by atoms with Gasteiger partial charge in [-0.25, -0.2) is 0 Å². The topological polar surface area (TPSA) is 49.9 Å². The van der Waals surface area contributed by atoms with Crippen LogP contribution in [-0.4, -0.2) is 20.7 Å².